The van der Waals surface area contributed by atoms with Crippen molar-refractivity contribution in [2.45, 2.75) is 38.5 Å². The Labute approximate surface area is 125 Å². The molecule has 1 fully saturated rings. The number of ketones is 1. The van der Waals surface area contributed by atoms with Gasteiger partial charge in [0.05, 0.1) is 0 Å². The Morgan fingerprint density at radius 3 is 2.67 bits per heavy atom. The maximum Gasteiger partial charge on any atom is 0.260 e. The number of ether oxygens (including phenoxy) is 1. The molecule has 0 atom stereocenters. The molecule has 1 saturated heterocycles. The number of amides is 1. The fraction of sp³-hybridized carbons (Fsp3) is 0.529. The van der Waals surface area contributed by atoms with Gasteiger partial charge in [-0.2, -0.15) is 0 Å². The first kappa shape index (κ1) is 14.1. The highest BCUT2D eigenvalue weighted by Crippen LogP contribution is 2.29. The van der Waals surface area contributed by atoms with Crippen molar-refractivity contribution < 1.29 is 14.3 Å². The van der Waals surface area contributed by atoms with Crippen LogP contribution in [0, 0.1) is 0 Å². The molecule has 0 aromatic heterocycles. The van der Waals surface area contributed by atoms with Crippen LogP contribution in [0.25, 0.3) is 0 Å². The second-order valence-corrected chi connectivity index (χ2v) is 5.81. The summed E-state index contributed by atoms with van der Waals surface area (Å²) in [5, 5.41) is 0. The van der Waals surface area contributed by atoms with Crippen LogP contribution in [0.4, 0.5) is 0 Å². The molecule has 0 N–H and O–H groups in total. The molecule has 0 saturated carbocycles. The lowest BCUT2D eigenvalue weighted by molar-refractivity contribution is -0.136. The van der Waals surface area contributed by atoms with Gasteiger partial charge in [0.25, 0.3) is 5.91 Å². The topological polar surface area (TPSA) is 46.6 Å². The first-order chi connectivity index (χ1) is 10.2. The van der Waals surface area contributed by atoms with Gasteiger partial charge in [0.2, 0.25) is 0 Å². The molecule has 0 radical (unpaired) electrons. The molecular formula is C17H21NO3. The molecule has 2 aliphatic rings. The molecule has 4 heteroatoms. The molecule has 21 heavy (non-hydrogen) atoms. The predicted molar refractivity (Wildman–Crippen MR) is 79.4 cm³/mol. The molecule has 1 amide bonds. The highest BCUT2D eigenvalue weighted by molar-refractivity contribution is 5.84. The lowest BCUT2D eigenvalue weighted by Gasteiger charge is -2.26. The Kier molecular flexibility index (Phi) is 4.23. The highest BCUT2D eigenvalue weighted by Gasteiger charge is 2.21. The quantitative estimate of drug-likeness (QED) is 0.855. The summed E-state index contributed by atoms with van der Waals surface area (Å²) < 4.78 is 5.77. The second kappa shape index (κ2) is 6.29. The van der Waals surface area contributed by atoms with Crippen molar-refractivity contribution in [1.82, 2.24) is 4.90 Å². The van der Waals surface area contributed by atoms with Crippen LogP contribution in [0.5, 0.6) is 5.75 Å². The van der Waals surface area contributed by atoms with E-state index in [1.54, 1.807) is 4.90 Å². The first-order valence-electron chi connectivity index (χ1n) is 7.77. The number of piperidine rings is 1. The SMILES string of the molecule is O=C1CCN(C(=O)COc2cccc3c2CCCC3)CC1. The van der Waals surface area contributed by atoms with Gasteiger partial charge < -0.3 is 9.64 Å². The van der Waals surface area contributed by atoms with E-state index in [-0.39, 0.29) is 18.3 Å². The maximum atomic E-state index is 12.1. The number of rotatable bonds is 3. The van der Waals surface area contributed by atoms with Gasteiger partial charge in [-0.15, -0.1) is 0 Å². The summed E-state index contributed by atoms with van der Waals surface area (Å²) in [5.74, 6) is 1.08. The fourth-order valence-corrected chi connectivity index (χ4v) is 3.12. The lowest BCUT2D eigenvalue weighted by atomic mass is 9.91. The first-order valence-corrected chi connectivity index (χ1v) is 7.77. The van der Waals surface area contributed by atoms with Gasteiger partial charge in [-0.25, -0.2) is 0 Å². The number of benzene rings is 1. The van der Waals surface area contributed by atoms with Crippen LogP contribution < -0.4 is 4.74 Å². The minimum atomic E-state index is -0.0177. The Morgan fingerprint density at radius 2 is 1.86 bits per heavy atom. The van der Waals surface area contributed by atoms with Crippen LogP contribution in [-0.4, -0.2) is 36.3 Å². The van der Waals surface area contributed by atoms with E-state index in [0.717, 1.165) is 18.6 Å². The van der Waals surface area contributed by atoms with Crippen molar-refractivity contribution in [2.24, 2.45) is 0 Å². The summed E-state index contributed by atoms with van der Waals surface area (Å²) >= 11 is 0. The van der Waals surface area contributed by atoms with Crippen molar-refractivity contribution in [3.63, 3.8) is 0 Å². The van der Waals surface area contributed by atoms with E-state index >= 15 is 0 Å². The van der Waals surface area contributed by atoms with Gasteiger partial charge in [-0.3, -0.25) is 9.59 Å². The van der Waals surface area contributed by atoms with Crippen molar-refractivity contribution in [1.29, 1.82) is 0 Å². The molecule has 0 spiro atoms. The monoisotopic (exact) mass is 287 g/mol. The molecule has 112 valence electrons. The van der Waals surface area contributed by atoms with E-state index in [9.17, 15) is 9.59 Å². The second-order valence-electron chi connectivity index (χ2n) is 5.81. The number of fused-ring (bicyclic) bond motifs is 1. The zero-order valence-corrected chi connectivity index (χ0v) is 12.3. The average molecular weight is 287 g/mol. The van der Waals surface area contributed by atoms with Gasteiger partial charge in [-0.1, -0.05) is 12.1 Å². The summed E-state index contributed by atoms with van der Waals surface area (Å²) in [6.45, 7) is 1.15. The van der Waals surface area contributed by atoms with E-state index in [0.29, 0.717) is 25.9 Å². The molecule has 1 heterocycles. The van der Waals surface area contributed by atoms with Crippen LogP contribution in [0.3, 0.4) is 0 Å². The number of carbonyl (C=O) groups excluding carboxylic acids is 2. The Hall–Kier alpha value is -1.84. The number of likely N-dealkylation sites (tertiary alicyclic amines) is 1. The van der Waals surface area contributed by atoms with Crippen LogP contribution in [0.15, 0.2) is 18.2 Å². The smallest absolute Gasteiger partial charge is 0.260 e. The molecule has 4 nitrogen and oxygen atoms in total. The maximum absolute atomic E-state index is 12.1. The van der Waals surface area contributed by atoms with Crippen LogP contribution in [0.2, 0.25) is 0 Å². The van der Waals surface area contributed by atoms with Gasteiger partial charge in [0.1, 0.15) is 11.5 Å². The van der Waals surface area contributed by atoms with E-state index in [4.69, 9.17) is 4.74 Å². The summed E-state index contributed by atoms with van der Waals surface area (Å²) in [7, 11) is 0. The molecular weight excluding hydrogens is 266 g/mol. The summed E-state index contributed by atoms with van der Waals surface area (Å²) in [6, 6.07) is 6.11. The molecule has 1 aliphatic carbocycles. The van der Waals surface area contributed by atoms with E-state index in [1.165, 1.54) is 24.0 Å². The number of carbonyl (C=O) groups is 2. The summed E-state index contributed by atoms with van der Waals surface area (Å²) in [5.41, 5.74) is 2.63. The van der Waals surface area contributed by atoms with Gasteiger partial charge >= 0.3 is 0 Å². The molecule has 0 unspecified atom stereocenters. The normalized spacial score (nSPS) is 18.3. The molecule has 0 bridgehead atoms. The average Bonchev–Trinajstić information content (AvgIpc) is 2.53. The van der Waals surface area contributed by atoms with Crippen molar-refractivity contribution in [2.75, 3.05) is 19.7 Å². The largest absolute Gasteiger partial charge is 0.483 e. The van der Waals surface area contributed by atoms with Crippen molar-refractivity contribution in [3.05, 3.63) is 29.3 Å². The molecule has 3 rings (SSSR count). The number of Topliss-reactive ketones (excluding diaryl/α,β-unsaturated/α-hetero) is 1. The number of hydrogen-bond donors (Lipinski definition) is 0. The van der Waals surface area contributed by atoms with Crippen molar-refractivity contribution >= 4 is 11.7 Å². The van der Waals surface area contributed by atoms with E-state index < -0.39 is 0 Å². The van der Waals surface area contributed by atoms with Crippen LogP contribution in [0.1, 0.15) is 36.8 Å². The number of nitrogens with zero attached hydrogens (tertiary/aromatic N) is 1. The minimum Gasteiger partial charge on any atom is -0.483 e. The van der Waals surface area contributed by atoms with Gasteiger partial charge in [0.15, 0.2) is 6.61 Å². The Balaban J connectivity index is 1.60. The standard InChI is InChI=1S/C17H21NO3/c19-14-8-10-18(11-9-14)17(20)12-21-16-7-3-5-13-4-1-2-6-15(13)16/h3,5,7H,1-2,4,6,8-12H2. The Morgan fingerprint density at radius 1 is 1.10 bits per heavy atom. The molecule has 1 aromatic rings. The zero-order valence-electron chi connectivity index (χ0n) is 12.3. The van der Waals surface area contributed by atoms with Gasteiger partial charge in [0, 0.05) is 25.9 Å². The zero-order chi connectivity index (χ0) is 14.7. The lowest BCUT2D eigenvalue weighted by Crippen LogP contribution is -2.41. The Bertz CT molecular complexity index is 543. The molecule has 1 aliphatic heterocycles. The summed E-state index contributed by atoms with van der Waals surface area (Å²) in [6.07, 6.45) is 5.53. The van der Waals surface area contributed by atoms with E-state index in [1.807, 2.05) is 12.1 Å². The van der Waals surface area contributed by atoms with E-state index in [2.05, 4.69) is 6.07 Å². The van der Waals surface area contributed by atoms with Gasteiger partial charge in [-0.05, 0) is 42.9 Å². The third kappa shape index (κ3) is 3.26. The third-order valence-electron chi connectivity index (χ3n) is 4.38. The predicted octanol–water partition coefficient (Wildman–Crippen LogP) is 2.14. The number of aryl methyl sites for hydroxylation is 1. The molecule has 1 aromatic carbocycles. The fourth-order valence-electron chi connectivity index (χ4n) is 3.12. The van der Waals surface area contributed by atoms with Crippen LogP contribution in [-0.2, 0) is 22.4 Å². The van der Waals surface area contributed by atoms with Crippen LogP contribution >= 0.6 is 0 Å². The number of hydrogen-bond acceptors (Lipinski definition) is 3. The van der Waals surface area contributed by atoms with Crippen molar-refractivity contribution in [3.8, 4) is 5.75 Å². The summed E-state index contributed by atoms with van der Waals surface area (Å²) in [4.78, 5) is 25.1. The third-order valence-corrected chi connectivity index (χ3v) is 4.38. The minimum absolute atomic E-state index is 0.0177. The highest BCUT2D eigenvalue weighted by atomic mass is 16.5.